The predicted molar refractivity (Wildman–Crippen MR) is 244 cm³/mol. The number of nitrogens with two attached hydrogens (primary N) is 1. The lowest BCUT2D eigenvalue weighted by Crippen LogP contribution is -2.15. The second-order valence-corrected chi connectivity index (χ2v) is 14.7. The van der Waals surface area contributed by atoms with Crippen LogP contribution in [0.2, 0.25) is 0 Å². The number of benzene rings is 3. The van der Waals surface area contributed by atoms with Crippen molar-refractivity contribution in [2.24, 2.45) is 0 Å². The van der Waals surface area contributed by atoms with Crippen LogP contribution in [-0.2, 0) is 12.4 Å². The van der Waals surface area contributed by atoms with Crippen LogP contribution >= 0.6 is 0 Å². The summed E-state index contributed by atoms with van der Waals surface area (Å²) in [6.07, 6.45) is -3.32. The number of aromatic nitrogens is 10. The molecular formula is C46H35F6N13O7. The molecule has 3 aromatic carbocycles. The lowest BCUT2D eigenvalue weighted by molar-refractivity contribution is -0.384. The monoisotopic (exact) mass is 995 g/mol. The minimum Gasteiger partial charge on any atom is -0.467 e. The Bertz CT molecular complexity index is 3460. The van der Waals surface area contributed by atoms with Crippen LogP contribution in [0, 0.1) is 24.0 Å². The summed E-state index contributed by atoms with van der Waals surface area (Å²) < 4.78 is 98.0. The molecule has 0 spiro atoms. The molecule has 0 aliphatic carbocycles. The number of ether oxygens (including phenoxy) is 3. The molecule has 368 valence electrons. The smallest absolute Gasteiger partial charge is 0.417 e. The summed E-state index contributed by atoms with van der Waals surface area (Å²) in [6, 6.07) is 21.2. The van der Waals surface area contributed by atoms with Crippen LogP contribution in [0.25, 0.3) is 33.8 Å². The van der Waals surface area contributed by atoms with Crippen molar-refractivity contribution in [2.75, 3.05) is 25.3 Å². The summed E-state index contributed by atoms with van der Waals surface area (Å²) >= 11 is 0. The first-order valence-corrected chi connectivity index (χ1v) is 20.6. The van der Waals surface area contributed by atoms with Gasteiger partial charge in [-0.15, -0.1) is 0 Å². The molecule has 0 unspecified atom stereocenters. The average molecular weight is 996 g/mol. The minimum atomic E-state index is -4.59. The number of nitro groups is 1. The number of fused-ring (bicyclic) bond motifs is 2. The van der Waals surface area contributed by atoms with Crippen LogP contribution in [0.1, 0.15) is 43.2 Å². The van der Waals surface area contributed by atoms with Gasteiger partial charge in [-0.05, 0) is 62.4 Å². The predicted octanol–water partition coefficient (Wildman–Crippen LogP) is 8.69. The van der Waals surface area contributed by atoms with E-state index in [0.717, 1.165) is 12.1 Å². The first kappa shape index (κ1) is 50.3. The fourth-order valence-corrected chi connectivity index (χ4v) is 6.72. The highest BCUT2D eigenvalue weighted by atomic mass is 19.4. The van der Waals surface area contributed by atoms with Crippen LogP contribution in [0.5, 0.6) is 17.8 Å². The highest BCUT2D eigenvalue weighted by Crippen LogP contribution is 2.38. The number of rotatable bonds is 9. The number of non-ortho nitro benzene ring substituents is 1. The van der Waals surface area contributed by atoms with Gasteiger partial charge in [-0.25, -0.2) is 33.8 Å². The van der Waals surface area contributed by atoms with Gasteiger partial charge >= 0.3 is 30.3 Å². The van der Waals surface area contributed by atoms with E-state index in [0.29, 0.717) is 17.5 Å². The minimum absolute atomic E-state index is 0.00899. The van der Waals surface area contributed by atoms with Gasteiger partial charge in [-0.3, -0.25) is 14.9 Å². The molecule has 6 aromatic heterocycles. The zero-order chi connectivity index (χ0) is 51.9. The molecule has 0 saturated carbocycles. The molecule has 72 heavy (non-hydrogen) atoms. The zero-order valence-corrected chi connectivity index (χ0v) is 37.7. The summed E-state index contributed by atoms with van der Waals surface area (Å²) in [5.74, 6) is -0.754. The lowest BCUT2D eigenvalue weighted by Gasteiger charge is -2.12. The number of carbonyl (C=O) groups is 2. The molecule has 9 aromatic rings. The maximum atomic E-state index is 13.4. The van der Waals surface area contributed by atoms with E-state index in [2.05, 4.69) is 45.4 Å². The third-order valence-electron chi connectivity index (χ3n) is 9.92. The second kappa shape index (κ2) is 20.9. The van der Waals surface area contributed by atoms with Gasteiger partial charge in [-0.2, -0.15) is 46.5 Å². The number of esters is 1. The van der Waals surface area contributed by atoms with Gasteiger partial charge in [-0.1, -0.05) is 36.4 Å². The van der Waals surface area contributed by atoms with E-state index < -0.39 is 40.3 Å². The molecule has 0 bridgehead atoms. The molecule has 20 nitrogen and oxygen atoms in total. The standard InChI is InChI=1S/C21H13F3N4O4.C20H15F3N6O2.C5H7N3O/c1-12-18(20(29)32-14-8-6-13(7-9-14)28(30)31)19-25-17(10-11-27(19)26-12)15-4-2-3-5-16(15)21(22,23)24;1-11-16(18(30)26-15-7-9-24-19(27-15)31-2)17-25-14(8-10-29(17)28-11)12-5-3-4-6-13(12)20(21,22)23;1-9-5-7-3-2-4(6)8-5/h2-11H,1H3;3-10H,1-2H3,(H,24,26,27,30);2-3H,1H3,(H2,6,7,8). The number of hydrogen-bond acceptors (Lipinski definition) is 16. The molecule has 0 aliphatic rings. The number of nitrogens with zero attached hydrogens (tertiary/aromatic N) is 11. The van der Waals surface area contributed by atoms with E-state index >= 15 is 0 Å². The number of amides is 1. The van der Waals surface area contributed by atoms with Crippen molar-refractivity contribution in [3.05, 3.63) is 166 Å². The zero-order valence-electron chi connectivity index (χ0n) is 37.7. The van der Waals surface area contributed by atoms with Gasteiger partial charge in [0.15, 0.2) is 11.3 Å². The number of nitrogen functional groups attached to an aromatic ring is 1. The molecule has 0 radical (unpaired) electrons. The van der Waals surface area contributed by atoms with E-state index in [9.17, 15) is 46.0 Å². The third kappa shape index (κ3) is 11.4. The third-order valence-corrected chi connectivity index (χ3v) is 9.92. The van der Waals surface area contributed by atoms with Crippen molar-refractivity contribution in [1.29, 1.82) is 0 Å². The van der Waals surface area contributed by atoms with Crippen molar-refractivity contribution < 1.29 is 55.1 Å². The summed E-state index contributed by atoms with van der Waals surface area (Å²) in [4.78, 5) is 59.8. The molecule has 26 heteroatoms. The van der Waals surface area contributed by atoms with Gasteiger partial charge in [0.1, 0.15) is 28.5 Å². The van der Waals surface area contributed by atoms with Crippen molar-refractivity contribution in [1.82, 2.24) is 49.1 Å². The topological polar surface area (TPSA) is 255 Å². The Morgan fingerprint density at radius 1 is 0.653 bits per heavy atom. The summed E-state index contributed by atoms with van der Waals surface area (Å²) in [6.45, 7) is 3.14. The molecule has 0 atom stereocenters. The number of carbonyl (C=O) groups excluding carboxylic acids is 2. The van der Waals surface area contributed by atoms with E-state index in [1.807, 2.05) is 0 Å². The summed E-state index contributed by atoms with van der Waals surface area (Å²) in [5, 5.41) is 21.7. The number of nitro benzene ring substituents is 1. The average Bonchev–Trinajstić information content (AvgIpc) is 3.88. The Morgan fingerprint density at radius 3 is 1.62 bits per heavy atom. The van der Waals surface area contributed by atoms with E-state index in [1.54, 1.807) is 19.2 Å². The molecule has 6 heterocycles. The molecule has 9 rings (SSSR count). The SMILES string of the molecule is COc1nccc(N)n1.COc1nccc(NC(=O)c2c(C)nn3ccc(-c4ccccc4C(F)(F)F)nc23)n1.Cc1nn2ccc(-c3ccccc3C(F)(F)F)nc2c1C(=O)Oc1ccc([N+](=O)[O-])cc1. The molecular weight excluding hydrogens is 961 g/mol. The van der Waals surface area contributed by atoms with Gasteiger partial charge in [0.05, 0.1) is 53.0 Å². The lowest BCUT2D eigenvalue weighted by atomic mass is 10.0. The van der Waals surface area contributed by atoms with Gasteiger partial charge in [0, 0.05) is 48.0 Å². The van der Waals surface area contributed by atoms with Crippen molar-refractivity contribution >= 4 is 40.5 Å². The molecule has 0 saturated heterocycles. The maximum absolute atomic E-state index is 13.4. The fourth-order valence-electron chi connectivity index (χ4n) is 6.72. The number of methoxy groups -OCH3 is 2. The second-order valence-electron chi connectivity index (χ2n) is 14.7. The van der Waals surface area contributed by atoms with Crippen LogP contribution in [0.15, 0.2) is 122 Å². The fraction of sp³-hybridized carbons (Fsp3) is 0.130. The Morgan fingerprint density at radius 2 is 1.14 bits per heavy atom. The van der Waals surface area contributed by atoms with Gasteiger partial charge < -0.3 is 25.3 Å². The molecule has 3 N–H and O–H groups in total. The Labute approximate surface area is 401 Å². The maximum Gasteiger partial charge on any atom is 0.417 e. The molecule has 0 fully saturated rings. The van der Waals surface area contributed by atoms with Crippen molar-refractivity contribution in [3.63, 3.8) is 0 Å². The highest BCUT2D eigenvalue weighted by molar-refractivity contribution is 6.09. The first-order valence-electron chi connectivity index (χ1n) is 20.6. The summed E-state index contributed by atoms with van der Waals surface area (Å²) in [5.41, 5.74) is 4.12. The van der Waals surface area contributed by atoms with Crippen LogP contribution in [-0.4, -0.2) is 80.2 Å². The van der Waals surface area contributed by atoms with E-state index in [-0.39, 0.29) is 73.9 Å². The van der Waals surface area contributed by atoms with Gasteiger partial charge in [0.25, 0.3) is 11.6 Å². The van der Waals surface area contributed by atoms with Crippen molar-refractivity contribution in [2.45, 2.75) is 26.2 Å². The highest BCUT2D eigenvalue weighted by Gasteiger charge is 2.35. The number of nitrogens with one attached hydrogen (secondary N) is 1. The Hall–Kier alpha value is -9.62. The quantitative estimate of drug-likeness (QED) is 0.0451. The van der Waals surface area contributed by atoms with E-state index in [1.165, 1.54) is 128 Å². The normalized spacial score (nSPS) is 11.2. The van der Waals surface area contributed by atoms with Crippen molar-refractivity contribution in [3.8, 4) is 40.3 Å². The number of aryl methyl sites for hydroxylation is 2. The van der Waals surface area contributed by atoms with E-state index in [4.69, 9.17) is 19.9 Å². The van der Waals surface area contributed by atoms with Gasteiger partial charge in [0.2, 0.25) is 0 Å². The van der Waals surface area contributed by atoms with Crippen LogP contribution in [0.4, 0.5) is 43.7 Å². The Balaban J connectivity index is 0.000000180. The number of halogens is 6. The largest absolute Gasteiger partial charge is 0.467 e. The Kier molecular flexibility index (Phi) is 14.6. The molecule has 1 amide bonds. The number of anilines is 2. The number of alkyl halides is 6. The first-order chi connectivity index (χ1) is 34.2. The summed E-state index contributed by atoms with van der Waals surface area (Å²) in [7, 11) is 2.88. The number of hydrogen-bond donors (Lipinski definition) is 2. The molecule has 0 aliphatic heterocycles. The van der Waals surface area contributed by atoms with Crippen LogP contribution in [0.3, 0.4) is 0 Å². The van der Waals surface area contributed by atoms with Crippen LogP contribution < -0.4 is 25.3 Å².